The van der Waals surface area contributed by atoms with Gasteiger partial charge in [-0.2, -0.15) is 0 Å². The Morgan fingerprint density at radius 3 is 2.16 bits per heavy atom. The highest BCUT2D eigenvalue weighted by Crippen LogP contribution is 2.27. The van der Waals surface area contributed by atoms with E-state index in [1.165, 1.54) is 24.3 Å². The summed E-state index contributed by atoms with van der Waals surface area (Å²) in [6.07, 6.45) is 0. The summed E-state index contributed by atoms with van der Waals surface area (Å²) in [6.45, 7) is 5.17. The highest BCUT2D eigenvalue weighted by Gasteiger charge is 2.28. The molecule has 4 rings (SSSR count). The van der Waals surface area contributed by atoms with E-state index in [1.54, 1.807) is 60.7 Å². The normalized spacial score (nSPS) is 11.2. The number of carbonyl (C=O) groups excluding carboxylic acids is 2. The molecule has 194 valence electrons. The lowest BCUT2D eigenvalue weighted by molar-refractivity contribution is -0.114. The van der Waals surface area contributed by atoms with E-state index in [-0.39, 0.29) is 21.9 Å². The summed E-state index contributed by atoms with van der Waals surface area (Å²) in [5.41, 5.74) is 4.04. The lowest BCUT2D eigenvalue weighted by Gasteiger charge is -2.25. The van der Waals surface area contributed by atoms with Crippen LogP contribution >= 0.6 is 11.6 Å². The van der Waals surface area contributed by atoms with Gasteiger partial charge >= 0.3 is 0 Å². The third-order valence-electron chi connectivity index (χ3n) is 6.21. The SMILES string of the molecule is Cc1ccc(S(=O)(=O)N(CC(=O)Nc2ccc(Cl)cc2C(=O)c2ccccc2)c2ccc(C)c(C)c2)cc1. The number of anilines is 2. The Kier molecular flexibility index (Phi) is 7.99. The molecule has 0 heterocycles. The first-order valence-electron chi connectivity index (χ1n) is 11.9. The average molecular weight is 547 g/mol. The molecule has 0 atom stereocenters. The van der Waals surface area contributed by atoms with E-state index in [0.29, 0.717) is 16.3 Å². The standard InChI is InChI=1S/C30H27ClN2O4S/c1-20-9-14-26(15-10-20)38(36,37)33(25-13-11-21(2)22(3)17-25)19-29(34)32-28-16-12-24(31)18-27(28)30(35)23-7-5-4-6-8-23/h4-18H,19H2,1-3H3,(H,32,34). The molecule has 6 nitrogen and oxygen atoms in total. The highest BCUT2D eigenvalue weighted by molar-refractivity contribution is 7.92. The number of hydrogen-bond donors (Lipinski definition) is 1. The molecule has 0 aromatic heterocycles. The van der Waals surface area contributed by atoms with Crippen LogP contribution in [0, 0.1) is 20.8 Å². The molecule has 0 saturated heterocycles. The van der Waals surface area contributed by atoms with E-state index in [9.17, 15) is 18.0 Å². The van der Waals surface area contributed by atoms with Gasteiger partial charge in [-0.05, 0) is 74.4 Å². The van der Waals surface area contributed by atoms with Crippen LogP contribution < -0.4 is 9.62 Å². The first kappa shape index (κ1) is 27.1. The zero-order valence-corrected chi connectivity index (χ0v) is 22.8. The van der Waals surface area contributed by atoms with Crippen molar-refractivity contribution < 1.29 is 18.0 Å². The largest absolute Gasteiger partial charge is 0.324 e. The monoisotopic (exact) mass is 546 g/mol. The van der Waals surface area contributed by atoms with Gasteiger partial charge in [-0.25, -0.2) is 8.42 Å². The number of rotatable bonds is 8. The second-order valence-electron chi connectivity index (χ2n) is 9.03. The summed E-state index contributed by atoms with van der Waals surface area (Å²) in [5.74, 6) is -0.926. The van der Waals surface area contributed by atoms with Gasteiger partial charge in [0.2, 0.25) is 5.91 Å². The number of ketones is 1. The zero-order valence-electron chi connectivity index (χ0n) is 21.2. The van der Waals surface area contributed by atoms with Crippen LogP contribution in [-0.4, -0.2) is 26.7 Å². The Bertz CT molecular complexity index is 1600. The summed E-state index contributed by atoms with van der Waals surface area (Å²) in [6, 6.07) is 24.9. The van der Waals surface area contributed by atoms with Gasteiger partial charge in [0.15, 0.2) is 5.78 Å². The maximum atomic E-state index is 13.7. The van der Waals surface area contributed by atoms with E-state index >= 15 is 0 Å². The van der Waals surface area contributed by atoms with Gasteiger partial charge in [0, 0.05) is 16.1 Å². The maximum absolute atomic E-state index is 13.7. The molecule has 0 spiro atoms. The number of carbonyl (C=O) groups is 2. The molecule has 0 bridgehead atoms. The molecule has 8 heteroatoms. The number of hydrogen-bond acceptors (Lipinski definition) is 4. The second-order valence-corrected chi connectivity index (χ2v) is 11.3. The molecule has 0 radical (unpaired) electrons. The van der Waals surface area contributed by atoms with Crippen LogP contribution in [0.4, 0.5) is 11.4 Å². The Morgan fingerprint density at radius 1 is 0.816 bits per heavy atom. The van der Waals surface area contributed by atoms with Crippen molar-refractivity contribution in [3.8, 4) is 0 Å². The molecule has 0 aliphatic carbocycles. The molecule has 0 unspecified atom stereocenters. The van der Waals surface area contributed by atoms with Crippen molar-refractivity contribution in [1.29, 1.82) is 0 Å². The lowest BCUT2D eigenvalue weighted by Crippen LogP contribution is -2.38. The number of benzene rings is 4. The minimum atomic E-state index is -4.08. The van der Waals surface area contributed by atoms with Crippen molar-refractivity contribution in [3.05, 3.63) is 124 Å². The highest BCUT2D eigenvalue weighted by atomic mass is 35.5. The van der Waals surface area contributed by atoms with Crippen molar-refractivity contribution in [3.63, 3.8) is 0 Å². The molecule has 38 heavy (non-hydrogen) atoms. The van der Waals surface area contributed by atoms with Crippen LogP contribution in [0.3, 0.4) is 0 Å². The van der Waals surface area contributed by atoms with Crippen molar-refractivity contribution in [1.82, 2.24) is 0 Å². The van der Waals surface area contributed by atoms with Gasteiger partial charge in [0.05, 0.1) is 16.3 Å². The molecule has 0 aliphatic heterocycles. The van der Waals surface area contributed by atoms with Crippen LogP contribution in [0.5, 0.6) is 0 Å². The molecule has 0 fully saturated rings. The van der Waals surface area contributed by atoms with E-state index in [1.807, 2.05) is 26.8 Å². The molecule has 0 saturated carbocycles. The van der Waals surface area contributed by atoms with Gasteiger partial charge in [0.1, 0.15) is 6.54 Å². The van der Waals surface area contributed by atoms with Crippen molar-refractivity contribution in [2.75, 3.05) is 16.2 Å². The molecule has 0 aliphatic rings. The Labute approximate surface area is 227 Å². The smallest absolute Gasteiger partial charge is 0.264 e. The van der Waals surface area contributed by atoms with Crippen molar-refractivity contribution in [2.45, 2.75) is 25.7 Å². The number of sulfonamides is 1. The zero-order chi connectivity index (χ0) is 27.4. The fourth-order valence-corrected chi connectivity index (χ4v) is 5.50. The minimum absolute atomic E-state index is 0.0700. The predicted octanol–water partition coefficient (Wildman–Crippen LogP) is 6.33. The van der Waals surface area contributed by atoms with Gasteiger partial charge in [0.25, 0.3) is 10.0 Å². The first-order valence-corrected chi connectivity index (χ1v) is 13.7. The Balaban J connectivity index is 1.69. The second kappa shape index (κ2) is 11.2. The van der Waals surface area contributed by atoms with Gasteiger partial charge < -0.3 is 5.32 Å². The van der Waals surface area contributed by atoms with Gasteiger partial charge in [-0.3, -0.25) is 13.9 Å². The summed E-state index contributed by atoms with van der Waals surface area (Å²) in [4.78, 5) is 26.6. The minimum Gasteiger partial charge on any atom is -0.324 e. The van der Waals surface area contributed by atoms with E-state index < -0.39 is 22.5 Å². The fourth-order valence-electron chi connectivity index (χ4n) is 3.91. The van der Waals surface area contributed by atoms with E-state index in [4.69, 9.17) is 11.6 Å². The number of amides is 1. The predicted molar refractivity (Wildman–Crippen MR) is 152 cm³/mol. The quantitative estimate of drug-likeness (QED) is 0.262. The summed E-state index contributed by atoms with van der Waals surface area (Å²) < 4.78 is 28.5. The summed E-state index contributed by atoms with van der Waals surface area (Å²) in [7, 11) is -4.08. The summed E-state index contributed by atoms with van der Waals surface area (Å²) >= 11 is 6.16. The van der Waals surface area contributed by atoms with E-state index in [0.717, 1.165) is 21.0 Å². The van der Waals surface area contributed by atoms with Gasteiger partial charge in [-0.1, -0.05) is 65.7 Å². The third kappa shape index (κ3) is 5.96. The number of aryl methyl sites for hydroxylation is 3. The Morgan fingerprint density at radius 2 is 1.50 bits per heavy atom. The van der Waals surface area contributed by atoms with Crippen LogP contribution in [0.25, 0.3) is 0 Å². The first-order chi connectivity index (χ1) is 18.1. The van der Waals surface area contributed by atoms with Crippen molar-refractivity contribution >= 4 is 44.7 Å². The number of nitrogens with one attached hydrogen (secondary N) is 1. The van der Waals surface area contributed by atoms with E-state index in [2.05, 4.69) is 5.32 Å². The van der Waals surface area contributed by atoms with Crippen LogP contribution in [-0.2, 0) is 14.8 Å². The topological polar surface area (TPSA) is 83.6 Å². The summed E-state index contributed by atoms with van der Waals surface area (Å²) in [5, 5.41) is 3.06. The molecular weight excluding hydrogens is 520 g/mol. The Hall–Kier alpha value is -3.94. The molecule has 4 aromatic rings. The molecule has 1 amide bonds. The van der Waals surface area contributed by atoms with Gasteiger partial charge in [-0.15, -0.1) is 0 Å². The molecular formula is C30H27ClN2O4S. The van der Waals surface area contributed by atoms with Crippen LogP contribution in [0.15, 0.2) is 95.9 Å². The molecule has 4 aromatic carbocycles. The maximum Gasteiger partial charge on any atom is 0.264 e. The number of nitrogens with zero attached hydrogens (tertiary/aromatic N) is 1. The average Bonchev–Trinajstić information content (AvgIpc) is 2.90. The van der Waals surface area contributed by atoms with Crippen LogP contribution in [0.1, 0.15) is 32.6 Å². The number of halogens is 1. The third-order valence-corrected chi connectivity index (χ3v) is 8.23. The van der Waals surface area contributed by atoms with Crippen LogP contribution in [0.2, 0.25) is 5.02 Å². The van der Waals surface area contributed by atoms with Crippen molar-refractivity contribution in [2.24, 2.45) is 0 Å². The molecule has 1 N–H and O–H groups in total. The fraction of sp³-hybridized carbons (Fsp3) is 0.133. The lowest BCUT2D eigenvalue weighted by atomic mass is 10.0.